The third-order valence-corrected chi connectivity index (χ3v) is 6.57. The molecule has 1 aromatic heterocycles. The van der Waals surface area contributed by atoms with Crippen molar-refractivity contribution < 1.29 is 14.3 Å². The lowest BCUT2D eigenvalue weighted by Gasteiger charge is -2.36. The summed E-state index contributed by atoms with van der Waals surface area (Å²) in [6, 6.07) is 23.9. The van der Waals surface area contributed by atoms with E-state index in [1.165, 1.54) is 4.90 Å². The smallest absolute Gasteiger partial charge is 0.332 e. The van der Waals surface area contributed by atoms with Gasteiger partial charge in [-0.25, -0.2) is 9.69 Å². The average molecular weight is 437 g/mol. The zero-order valence-corrected chi connectivity index (χ0v) is 18.2. The molecule has 2 atom stereocenters. The molecule has 0 spiro atoms. The molecular formula is C27H23N3O3. The monoisotopic (exact) mass is 437 g/mol. The third kappa shape index (κ3) is 2.94. The van der Waals surface area contributed by atoms with Crippen LogP contribution in [0.15, 0.2) is 78.9 Å². The van der Waals surface area contributed by atoms with Crippen molar-refractivity contribution in [1.82, 2.24) is 9.88 Å². The maximum absolute atomic E-state index is 13.8. The van der Waals surface area contributed by atoms with E-state index in [9.17, 15) is 9.59 Å². The first-order valence-electron chi connectivity index (χ1n) is 11.2. The zero-order valence-electron chi connectivity index (χ0n) is 18.2. The van der Waals surface area contributed by atoms with E-state index < -0.39 is 6.04 Å². The number of carbonyl (C=O) groups excluding carboxylic acids is 2. The number of ether oxygens (including phenoxy) is 1. The Morgan fingerprint density at radius 3 is 2.42 bits per heavy atom. The minimum Gasteiger partial charge on any atom is -0.494 e. The van der Waals surface area contributed by atoms with Crippen LogP contribution < -0.4 is 9.64 Å². The van der Waals surface area contributed by atoms with Gasteiger partial charge in [0.25, 0.3) is 5.91 Å². The quantitative estimate of drug-likeness (QED) is 0.455. The van der Waals surface area contributed by atoms with Crippen LogP contribution in [0, 0.1) is 0 Å². The number of hydrogen-bond acceptors (Lipinski definition) is 3. The SMILES string of the molecule is CCOc1ccc(N2C(=O)[C@@H]3Cc4c([nH]c5ccccc45)[C@H](c4ccccc4)N3C2=O)cc1. The average Bonchev–Trinajstić information content (AvgIpc) is 3.34. The number of anilines is 1. The van der Waals surface area contributed by atoms with Gasteiger partial charge >= 0.3 is 6.03 Å². The van der Waals surface area contributed by atoms with Gasteiger partial charge in [-0.05, 0) is 48.4 Å². The lowest BCUT2D eigenvalue weighted by Crippen LogP contribution is -2.44. The van der Waals surface area contributed by atoms with Crippen molar-refractivity contribution >= 4 is 28.5 Å². The lowest BCUT2D eigenvalue weighted by atomic mass is 9.89. The summed E-state index contributed by atoms with van der Waals surface area (Å²) < 4.78 is 5.52. The summed E-state index contributed by atoms with van der Waals surface area (Å²) in [5.41, 5.74) is 4.64. The molecule has 2 aliphatic heterocycles. The Hall–Kier alpha value is -4.06. The van der Waals surface area contributed by atoms with Crippen LogP contribution >= 0.6 is 0 Å². The number of amides is 3. The van der Waals surface area contributed by atoms with Crippen LogP contribution in [0.1, 0.15) is 29.8 Å². The predicted molar refractivity (Wildman–Crippen MR) is 126 cm³/mol. The number of nitrogens with one attached hydrogen (secondary N) is 1. The second-order valence-corrected chi connectivity index (χ2v) is 8.39. The molecule has 6 heteroatoms. The highest BCUT2D eigenvalue weighted by Crippen LogP contribution is 2.44. The van der Waals surface area contributed by atoms with Crippen LogP contribution in [0.2, 0.25) is 0 Å². The molecule has 164 valence electrons. The normalized spacial score (nSPS) is 19.7. The number of fused-ring (bicyclic) bond motifs is 4. The van der Waals surface area contributed by atoms with Crippen molar-refractivity contribution in [1.29, 1.82) is 0 Å². The Bertz CT molecular complexity index is 1360. The number of carbonyl (C=O) groups is 2. The topological polar surface area (TPSA) is 65.6 Å². The van der Waals surface area contributed by atoms with Crippen LogP contribution in [-0.4, -0.2) is 34.5 Å². The number of imide groups is 1. The van der Waals surface area contributed by atoms with Gasteiger partial charge in [0.15, 0.2) is 0 Å². The molecule has 0 unspecified atom stereocenters. The number of hydrogen-bond donors (Lipinski definition) is 1. The highest BCUT2D eigenvalue weighted by atomic mass is 16.5. The van der Waals surface area contributed by atoms with E-state index in [0.717, 1.165) is 27.7 Å². The summed E-state index contributed by atoms with van der Waals surface area (Å²) in [5.74, 6) is 0.516. The van der Waals surface area contributed by atoms with Crippen molar-refractivity contribution in [3.63, 3.8) is 0 Å². The van der Waals surface area contributed by atoms with E-state index in [1.54, 1.807) is 29.2 Å². The van der Waals surface area contributed by atoms with Gasteiger partial charge in [0.2, 0.25) is 0 Å². The Balaban J connectivity index is 1.48. The number of aromatic amines is 1. The van der Waals surface area contributed by atoms with Gasteiger partial charge in [0, 0.05) is 23.0 Å². The molecule has 6 nitrogen and oxygen atoms in total. The number of H-pyrrole nitrogens is 1. The Morgan fingerprint density at radius 1 is 0.939 bits per heavy atom. The Labute approximate surface area is 191 Å². The summed E-state index contributed by atoms with van der Waals surface area (Å²) in [6.45, 7) is 2.47. The minimum atomic E-state index is -0.555. The lowest BCUT2D eigenvalue weighted by molar-refractivity contribution is -0.120. The number of nitrogens with zero attached hydrogens (tertiary/aromatic N) is 2. The van der Waals surface area contributed by atoms with Gasteiger partial charge in [0.1, 0.15) is 17.8 Å². The van der Waals surface area contributed by atoms with Crippen LogP contribution in [0.4, 0.5) is 10.5 Å². The summed E-state index contributed by atoms with van der Waals surface area (Å²) in [7, 11) is 0. The third-order valence-electron chi connectivity index (χ3n) is 6.57. The maximum atomic E-state index is 13.8. The zero-order chi connectivity index (χ0) is 22.5. The predicted octanol–water partition coefficient (Wildman–Crippen LogP) is 5.05. The summed E-state index contributed by atoms with van der Waals surface area (Å²) in [5, 5.41) is 1.10. The molecule has 1 N–H and O–H groups in total. The molecular weight excluding hydrogens is 414 g/mol. The fourth-order valence-corrected chi connectivity index (χ4v) is 5.15. The van der Waals surface area contributed by atoms with E-state index in [2.05, 4.69) is 11.1 Å². The molecule has 4 aromatic rings. The second kappa shape index (κ2) is 7.52. The molecule has 0 bridgehead atoms. The highest BCUT2D eigenvalue weighted by molar-refractivity contribution is 6.22. The molecule has 0 saturated carbocycles. The summed E-state index contributed by atoms with van der Waals surface area (Å²) >= 11 is 0. The number of rotatable bonds is 4. The molecule has 33 heavy (non-hydrogen) atoms. The molecule has 3 heterocycles. The highest BCUT2D eigenvalue weighted by Gasteiger charge is 2.53. The van der Waals surface area contributed by atoms with Gasteiger partial charge in [0.05, 0.1) is 12.3 Å². The molecule has 3 amide bonds. The molecule has 1 saturated heterocycles. The van der Waals surface area contributed by atoms with Crippen LogP contribution in [-0.2, 0) is 11.2 Å². The molecule has 3 aromatic carbocycles. The Kier molecular flexibility index (Phi) is 4.47. The van der Waals surface area contributed by atoms with Crippen molar-refractivity contribution in [2.75, 3.05) is 11.5 Å². The molecule has 2 aliphatic rings. The fourth-order valence-electron chi connectivity index (χ4n) is 5.15. The van der Waals surface area contributed by atoms with E-state index >= 15 is 0 Å². The van der Waals surface area contributed by atoms with E-state index in [1.807, 2.05) is 55.5 Å². The number of para-hydroxylation sites is 1. The van der Waals surface area contributed by atoms with Gasteiger partial charge in [-0.15, -0.1) is 0 Å². The van der Waals surface area contributed by atoms with Crippen molar-refractivity contribution in [3.8, 4) is 5.75 Å². The standard InChI is InChI=1S/C27H23N3O3/c1-2-33-19-14-12-18(13-15-19)29-26(31)23-16-21-20-10-6-7-11-22(20)28-24(21)25(30(23)27(29)32)17-8-4-3-5-9-17/h3-15,23,25,28H,2,16H2,1H3/t23-,25-/m0/s1. The number of urea groups is 1. The Morgan fingerprint density at radius 2 is 1.67 bits per heavy atom. The summed E-state index contributed by atoms with van der Waals surface area (Å²) in [4.78, 5) is 34.0. The first kappa shape index (κ1) is 19.6. The van der Waals surface area contributed by atoms with Crippen molar-refractivity contribution in [2.45, 2.75) is 25.4 Å². The maximum Gasteiger partial charge on any atom is 0.332 e. The van der Waals surface area contributed by atoms with Gasteiger partial charge in [-0.2, -0.15) is 0 Å². The minimum absolute atomic E-state index is 0.193. The second-order valence-electron chi connectivity index (χ2n) is 8.39. The van der Waals surface area contributed by atoms with Gasteiger partial charge in [-0.3, -0.25) is 9.69 Å². The molecule has 0 aliphatic carbocycles. The van der Waals surface area contributed by atoms with E-state index in [0.29, 0.717) is 24.5 Å². The van der Waals surface area contributed by atoms with Gasteiger partial charge in [-0.1, -0.05) is 48.5 Å². The largest absolute Gasteiger partial charge is 0.494 e. The van der Waals surface area contributed by atoms with Crippen molar-refractivity contribution in [2.24, 2.45) is 0 Å². The van der Waals surface area contributed by atoms with Crippen molar-refractivity contribution in [3.05, 3.63) is 95.7 Å². The van der Waals surface area contributed by atoms with E-state index in [4.69, 9.17) is 4.74 Å². The molecule has 0 radical (unpaired) electrons. The summed E-state index contributed by atoms with van der Waals surface area (Å²) in [6.07, 6.45) is 0.487. The van der Waals surface area contributed by atoms with E-state index in [-0.39, 0.29) is 18.0 Å². The van der Waals surface area contributed by atoms with Crippen LogP contribution in [0.3, 0.4) is 0 Å². The first-order valence-corrected chi connectivity index (χ1v) is 11.2. The molecule has 1 fully saturated rings. The number of benzene rings is 3. The first-order chi connectivity index (χ1) is 16.2. The fraction of sp³-hybridized carbons (Fsp3) is 0.185. The number of aromatic nitrogens is 1. The van der Waals surface area contributed by atoms with Crippen LogP contribution in [0.5, 0.6) is 5.75 Å². The van der Waals surface area contributed by atoms with Crippen LogP contribution in [0.25, 0.3) is 10.9 Å². The van der Waals surface area contributed by atoms with Gasteiger partial charge < -0.3 is 9.72 Å². The molecule has 6 rings (SSSR count).